The highest BCUT2D eigenvalue weighted by Gasteiger charge is 2.15. The Balaban J connectivity index is 1.53. The number of nitrogens with one attached hydrogen (secondary N) is 1. The van der Waals surface area contributed by atoms with Gasteiger partial charge in [-0.05, 0) is 66.2 Å². The van der Waals surface area contributed by atoms with E-state index >= 15 is 0 Å². The summed E-state index contributed by atoms with van der Waals surface area (Å²) in [4.78, 5) is 42.0. The number of thiophene rings is 1. The maximum atomic E-state index is 13.2. The van der Waals surface area contributed by atoms with Crippen molar-refractivity contribution in [1.29, 1.82) is 0 Å². The van der Waals surface area contributed by atoms with Crippen LogP contribution in [0, 0.1) is 13.8 Å². The fourth-order valence-electron chi connectivity index (χ4n) is 3.39. The number of fused-ring (bicyclic) bond motifs is 1. The Labute approximate surface area is 204 Å². The third kappa shape index (κ3) is 5.21. The van der Waals surface area contributed by atoms with Gasteiger partial charge in [0.2, 0.25) is 5.91 Å². The molecule has 0 radical (unpaired) electrons. The van der Waals surface area contributed by atoms with Crippen LogP contribution in [0.25, 0.3) is 10.2 Å². The molecule has 174 valence electrons. The highest BCUT2D eigenvalue weighted by atomic mass is 32.2. The van der Waals surface area contributed by atoms with Gasteiger partial charge in [-0.3, -0.25) is 14.2 Å². The lowest BCUT2D eigenvalue weighted by molar-refractivity contribution is -0.113. The number of carbonyl (C=O) groups is 2. The third-order valence-electron chi connectivity index (χ3n) is 5.36. The van der Waals surface area contributed by atoms with Gasteiger partial charge in [-0.25, -0.2) is 9.78 Å². The molecular formula is C25H23N3O4S2. The first-order valence-electron chi connectivity index (χ1n) is 10.5. The zero-order valence-electron chi connectivity index (χ0n) is 19.0. The Morgan fingerprint density at radius 1 is 1.09 bits per heavy atom. The molecule has 0 saturated carbocycles. The number of hydrogen-bond acceptors (Lipinski definition) is 7. The van der Waals surface area contributed by atoms with Gasteiger partial charge in [0.15, 0.2) is 5.16 Å². The summed E-state index contributed by atoms with van der Waals surface area (Å²) < 4.78 is 6.91. The second kappa shape index (κ2) is 10.2. The number of amides is 1. The molecule has 0 bridgehead atoms. The zero-order valence-corrected chi connectivity index (χ0v) is 20.6. The summed E-state index contributed by atoms with van der Waals surface area (Å²) >= 11 is 2.58. The Bertz CT molecular complexity index is 1420. The number of carbonyl (C=O) groups excluding carboxylic acids is 2. The van der Waals surface area contributed by atoms with Gasteiger partial charge >= 0.3 is 5.97 Å². The van der Waals surface area contributed by atoms with E-state index in [1.165, 1.54) is 35.8 Å². The smallest absolute Gasteiger partial charge is 0.337 e. The van der Waals surface area contributed by atoms with Gasteiger partial charge < -0.3 is 10.1 Å². The summed E-state index contributed by atoms with van der Waals surface area (Å²) in [7, 11) is 1.32. The Kier molecular flexibility index (Phi) is 7.14. The number of anilines is 1. The number of hydrogen-bond donors (Lipinski definition) is 1. The number of ether oxygens (including phenoxy) is 1. The molecule has 1 N–H and O–H groups in total. The van der Waals surface area contributed by atoms with E-state index in [1.807, 2.05) is 37.4 Å². The van der Waals surface area contributed by atoms with Crippen LogP contribution in [0.4, 0.5) is 5.69 Å². The lowest BCUT2D eigenvalue weighted by Crippen LogP contribution is -2.24. The predicted molar refractivity (Wildman–Crippen MR) is 136 cm³/mol. The van der Waals surface area contributed by atoms with Crippen molar-refractivity contribution in [3.63, 3.8) is 0 Å². The van der Waals surface area contributed by atoms with Crippen LogP contribution in [-0.4, -0.2) is 34.3 Å². The van der Waals surface area contributed by atoms with E-state index in [1.54, 1.807) is 28.8 Å². The van der Waals surface area contributed by atoms with Gasteiger partial charge in [-0.1, -0.05) is 30.0 Å². The van der Waals surface area contributed by atoms with Crippen LogP contribution in [0.2, 0.25) is 0 Å². The van der Waals surface area contributed by atoms with E-state index in [0.29, 0.717) is 33.2 Å². The lowest BCUT2D eigenvalue weighted by atomic mass is 10.1. The number of benzene rings is 2. The number of aromatic nitrogens is 2. The van der Waals surface area contributed by atoms with Crippen molar-refractivity contribution in [3.05, 3.63) is 86.5 Å². The van der Waals surface area contributed by atoms with Crippen molar-refractivity contribution in [2.75, 3.05) is 18.2 Å². The van der Waals surface area contributed by atoms with Crippen LogP contribution in [0.1, 0.15) is 27.0 Å². The van der Waals surface area contributed by atoms with Gasteiger partial charge in [0.25, 0.3) is 5.56 Å². The Morgan fingerprint density at radius 3 is 2.56 bits per heavy atom. The summed E-state index contributed by atoms with van der Waals surface area (Å²) in [6.07, 6.45) is 0. The van der Waals surface area contributed by atoms with Crippen LogP contribution < -0.4 is 10.9 Å². The van der Waals surface area contributed by atoms with Crippen LogP contribution >= 0.6 is 23.1 Å². The monoisotopic (exact) mass is 493 g/mol. The molecule has 0 aliphatic rings. The number of esters is 1. The van der Waals surface area contributed by atoms with Gasteiger partial charge in [0.1, 0.15) is 4.70 Å². The second-order valence-electron chi connectivity index (χ2n) is 7.75. The van der Waals surface area contributed by atoms with E-state index in [9.17, 15) is 14.4 Å². The van der Waals surface area contributed by atoms with Crippen molar-refractivity contribution in [2.45, 2.75) is 25.5 Å². The van der Waals surface area contributed by atoms with Crippen molar-refractivity contribution in [2.24, 2.45) is 0 Å². The number of methoxy groups -OCH3 is 1. The predicted octanol–water partition coefficient (Wildman–Crippen LogP) is 4.64. The fraction of sp³-hybridized carbons (Fsp3) is 0.200. The van der Waals surface area contributed by atoms with Crippen molar-refractivity contribution >= 4 is 50.9 Å². The first-order chi connectivity index (χ1) is 16.4. The zero-order chi connectivity index (χ0) is 24.2. The second-order valence-corrected chi connectivity index (χ2v) is 9.60. The molecule has 7 nitrogen and oxygen atoms in total. The molecule has 1 amide bonds. The average Bonchev–Trinajstić information content (AvgIpc) is 3.31. The molecule has 0 fully saturated rings. The quantitative estimate of drug-likeness (QED) is 0.229. The summed E-state index contributed by atoms with van der Waals surface area (Å²) in [5, 5.41) is 5.14. The van der Waals surface area contributed by atoms with E-state index < -0.39 is 5.97 Å². The van der Waals surface area contributed by atoms with Crippen molar-refractivity contribution in [3.8, 4) is 0 Å². The highest BCUT2D eigenvalue weighted by Crippen LogP contribution is 2.23. The molecule has 2 aromatic carbocycles. The normalized spacial score (nSPS) is 10.9. The van der Waals surface area contributed by atoms with E-state index in [-0.39, 0.29) is 17.2 Å². The molecule has 0 atom stereocenters. The molecule has 0 spiro atoms. The first kappa shape index (κ1) is 23.7. The molecule has 0 saturated heterocycles. The standard InChI is InChI=1S/C25H23N3O4S2/c1-15-4-5-17(12-16(15)2)13-28-23(30)22-20(10-11-33-22)27-25(28)34-14-21(29)26-19-8-6-18(7-9-19)24(31)32-3/h4-12H,13-14H2,1-3H3,(H,26,29). The van der Waals surface area contributed by atoms with Gasteiger partial charge in [0.05, 0.1) is 30.5 Å². The minimum atomic E-state index is -0.440. The molecule has 0 aliphatic carbocycles. The molecule has 0 aliphatic heterocycles. The maximum absolute atomic E-state index is 13.2. The Morgan fingerprint density at radius 2 is 1.85 bits per heavy atom. The summed E-state index contributed by atoms with van der Waals surface area (Å²) in [5.74, 6) is -0.605. The van der Waals surface area contributed by atoms with Crippen LogP contribution in [-0.2, 0) is 16.1 Å². The van der Waals surface area contributed by atoms with Crippen LogP contribution in [0.3, 0.4) is 0 Å². The molecule has 9 heteroatoms. The van der Waals surface area contributed by atoms with E-state index in [0.717, 1.165) is 11.1 Å². The summed E-state index contributed by atoms with van der Waals surface area (Å²) in [6, 6.07) is 14.4. The fourth-order valence-corrected chi connectivity index (χ4v) is 4.97. The molecule has 4 rings (SSSR count). The molecule has 0 unspecified atom stereocenters. The maximum Gasteiger partial charge on any atom is 0.337 e. The molecule has 2 heterocycles. The summed E-state index contributed by atoms with van der Waals surface area (Å²) in [6.45, 7) is 4.47. The molecular weight excluding hydrogens is 470 g/mol. The van der Waals surface area contributed by atoms with Gasteiger partial charge in [-0.15, -0.1) is 11.3 Å². The van der Waals surface area contributed by atoms with Gasteiger partial charge in [0, 0.05) is 5.69 Å². The average molecular weight is 494 g/mol. The molecule has 34 heavy (non-hydrogen) atoms. The number of rotatable bonds is 7. The first-order valence-corrected chi connectivity index (χ1v) is 12.4. The largest absolute Gasteiger partial charge is 0.465 e. The molecule has 4 aromatic rings. The van der Waals surface area contributed by atoms with Crippen LogP contribution in [0.5, 0.6) is 0 Å². The third-order valence-corrected chi connectivity index (χ3v) is 7.23. The lowest BCUT2D eigenvalue weighted by Gasteiger charge is -2.13. The summed E-state index contributed by atoms with van der Waals surface area (Å²) in [5.41, 5.74) is 4.83. The number of aryl methyl sites for hydroxylation is 2. The van der Waals surface area contributed by atoms with E-state index in [2.05, 4.69) is 21.1 Å². The van der Waals surface area contributed by atoms with E-state index in [4.69, 9.17) is 0 Å². The van der Waals surface area contributed by atoms with Crippen molar-refractivity contribution < 1.29 is 14.3 Å². The van der Waals surface area contributed by atoms with Crippen LogP contribution in [0.15, 0.2) is 63.9 Å². The highest BCUT2D eigenvalue weighted by molar-refractivity contribution is 7.99. The SMILES string of the molecule is COC(=O)c1ccc(NC(=O)CSc2nc3ccsc3c(=O)n2Cc2ccc(C)c(C)c2)cc1. The number of nitrogens with zero attached hydrogens (tertiary/aromatic N) is 2. The van der Waals surface area contributed by atoms with Gasteiger partial charge in [-0.2, -0.15) is 0 Å². The Hall–Kier alpha value is -3.43. The molecule has 2 aromatic heterocycles. The minimum absolute atomic E-state index is 0.0771. The number of thioether (sulfide) groups is 1. The minimum Gasteiger partial charge on any atom is -0.465 e. The topological polar surface area (TPSA) is 90.3 Å². The van der Waals surface area contributed by atoms with Crippen molar-refractivity contribution in [1.82, 2.24) is 9.55 Å².